The number of rotatable bonds is 7. The monoisotopic (exact) mass is 570 g/mol. The number of benzene rings is 1. The molecular formula is C29H42N6O6. The Labute approximate surface area is 240 Å². The molecule has 0 aliphatic carbocycles. The van der Waals surface area contributed by atoms with Gasteiger partial charge in [-0.2, -0.15) is 0 Å². The zero-order chi connectivity index (χ0) is 29.5. The number of nitrogens with two attached hydrogens (primary N) is 1. The molecule has 2 saturated heterocycles. The van der Waals surface area contributed by atoms with Crippen molar-refractivity contribution in [1.82, 2.24) is 25.2 Å². The third kappa shape index (κ3) is 7.82. The Kier molecular flexibility index (Phi) is 10.3. The number of Topliss-reactive ketones (excluding diaryl/α,β-unsaturated/α-hetero) is 1. The number of esters is 1. The highest BCUT2D eigenvalue weighted by molar-refractivity contribution is 5.98. The summed E-state index contributed by atoms with van der Waals surface area (Å²) in [6.45, 7) is 6.64. The van der Waals surface area contributed by atoms with Gasteiger partial charge in [-0.3, -0.25) is 19.2 Å². The highest BCUT2D eigenvalue weighted by atomic mass is 16.6. The second-order valence-electron chi connectivity index (χ2n) is 11.1. The normalized spacial score (nSPS) is 28.1. The molecule has 4 rings (SSSR count). The number of nitrogens with zero attached hydrogens (tertiary/aromatic N) is 4. The van der Waals surface area contributed by atoms with Gasteiger partial charge in [0.05, 0.1) is 18.3 Å². The van der Waals surface area contributed by atoms with Crippen LogP contribution in [0.2, 0.25) is 0 Å². The lowest BCUT2D eigenvalue weighted by atomic mass is 9.96. The van der Waals surface area contributed by atoms with Gasteiger partial charge in [0.1, 0.15) is 24.0 Å². The fourth-order valence-electron chi connectivity index (χ4n) is 5.63. The Hall–Kier alpha value is -3.51. The second kappa shape index (κ2) is 13.9. The third-order valence-corrected chi connectivity index (χ3v) is 7.93. The van der Waals surface area contributed by atoms with Gasteiger partial charge < -0.3 is 25.3 Å². The molecule has 41 heavy (non-hydrogen) atoms. The van der Waals surface area contributed by atoms with E-state index in [4.69, 9.17) is 19.9 Å². The number of aryl methyl sites for hydroxylation is 1. The van der Waals surface area contributed by atoms with E-state index in [1.807, 2.05) is 37.4 Å². The van der Waals surface area contributed by atoms with E-state index < -0.39 is 24.1 Å². The van der Waals surface area contributed by atoms with E-state index in [1.54, 1.807) is 23.6 Å². The molecule has 0 bridgehead atoms. The molecule has 6 atom stereocenters. The Morgan fingerprint density at radius 2 is 1.93 bits per heavy atom. The smallest absolute Gasteiger partial charge is 0.410 e. The van der Waals surface area contributed by atoms with E-state index in [0.29, 0.717) is 38.0 Å². The van der Waals surface area contributed by atoms with Crippen molar-refractivity contribution in [2.75, 3.05) is 26.0 Å². The van der Waals surface area contributed by atoms with Crippen LogP contribution in [-0.2, 0) is 30.3 Å². The molecule has 0 radical (unpaired) electrons. The summed E-state index contributed by atoms with van der Waals surface area (Å²) in [4.78, 5) is 39.9. The molecule has 0 spiro atoms. The maximum absolute atomic E-state index is 13.0. The van der Waals surface area contributed by atoms with Crippen molar-refractivity contribution in [2.24, 2.45) is 5.92 Å². The van der Waals surface area contributed by atoms with Crippen molar-refractivity contribution in [3.8, 4) is 11.3 Å². The molecule has 3 N–H and O–H groups in total. The van der Waals surface area contributed by atoms with Crippen LogP contribution in [0.25, 0.3) is 11.3 Å². The molecule has 12 heteroatoms. The minimum Gasteiger partial charge on any atom is -0.461 e. The number of ketones is 1. The van der Waals surface area contributed by atoms with Crippen molar-refractivity contribution in [2.45, 2.75) is 89.8 Å². The summed E-state index contributed by atoms with van der Waals surface area (Å²) in [6, 6.07) is 7.07. The average molecular weight is 571 g/mol. The van der Waals surface area contributed by atoms with Crippen molar-refractivity contribution < 1.29 is 28.6 Å². The number of nitrogens with one attached hydrogen (secondary N) is 1. The lowest BCUT2D eigenvalue weighted by molar-refractivity contribution is -0.154. The molecule has 0 saturated carbocycles. The van der Waals surface area contributed by atoms with E-state index >= 15 is 0 Å². The van der Waals surface area contributed by atoms with Crippen molar-refractivity contribution in [3.63, 3.8) is 0 Å². The summed E-state index contributed by atoms with van der Waals surface area (Å²) in [5.41, 5.74) is 8.20. The van der Waals surface area contributed by atoms with Crippen LogP contribution in [-0.4, -0.2) is 88.3 Å². The van der Waals surface area contributed by atoms with E-state index in [9.17, 15) is 14.4 Å². The van der Waals surface area contributed by atoms with Gasteiger partial charge in [0.25, 0.3) is 0 Å². The predicted molar refractivity (Wildman–Crippen MR) is 152 cm³/mol. The first kappa shape index (κ1) is 30.4. The molecule has 6 unspecified atom stereocenters. The van der Waals surface area contributed by atoms with Crippen LogP contribution < -0.4 is 11.1 Å². The van der Waals surface area contributed by atoms with E-state index in [-0.39, 0.29) is 43.0 Å². The van der Waals surface area contributed by atoms with Crippen LogP contribution in [0.4, 0.5) is 10.5 Å². The SMILES string of the molecule is COC1CCC(=O)C(C)C(=O)OCC2OC(=O)N(CCCCn3cc(-c4cccc(N)c4)nn3)C2C(C)NC(C)C1. The van der Waals surface area contributed by atoms with Gasteiger partial charge in [-0.05, 0) is 58.6 Å². The molecule has 2 fully saturated rings. The van der Waals surface area contributed by atoms with Crippen LogP contribution in [0.3, 0.4) is 0 Å². The van der Waals surface area contributed by atoms with Crippen LogP contribution in [0, 0.1) is 5.92 Å². The summed E-state index contributed by atoms with van der Waals surface area (Å²) in [7, 11) is 1.63. The number of ether oxygens (including phenoxy) is 3. The molecule has 12 nitrogen and oxygen atoms in total. The summed E-state index contributed by atoms with van der Waals surface area (Å²) < 4.78 is 18.6. The van der Waals surface area contributed by atoms with Gasteiger partial charge in [0.2, 0.25) is 0 Å². The number of amides is 1. The van der Waals surface area contributed by atoms with E-state index in [2.05, 4.69) is 22.6 Å². The number of methoxy groups -OCH3 is 1. The van der Waals surface area contributed by atoms with E-state index in [1.165, 1.54) is 0 Å². The van der Waals surface area contributed by atoms with Crippen LogP contribution in [0.15, 0.2) is 30.5 Å². The highest BCUT2D eigenvalue weighted by Crippen LogP contribution is 2.26. The van der Waals surface area contributed by atoms with Gasteiger partial charge in [-0.1, -0.05) is 17.3 Å². The third-order valence-electron chi connectivity index (χ3n) is 7.93. The van der Waals surface area contributed by atoms with Crippen molar-refractivity contribution >= 4 is 23.5 Å². The Morgan fingerprint density at radius 3 is 2.68 bits per heavy atom. The second-order valence-corrected chi connectivity index (χ2v) is 11.1. The maximum atomic E-state index is 13.0. The largest absolute Gasteiger partial charge is 0.461 e. The number of anilines is 1. The van der Waals surface area contributed by atoms with Gasteiger partial charge in [-0.25, -0.2) is 4.79 Å². The molecule has 2 aromatic rings. The van der Waals surface area contributed by atoms with Crippen molar-refractivity contribution in [1.29, 1.82) is 0 Å². The van der Waals surface area contributed by atoms with Gasteiger partial charge in [0, 0.05) is 50.0 Å². The first-order chi connectivity index (χ1) is 19.7. The summed E-state index contributed by atoms with van der Waals surface area (Å²) in [5.74, 6) is -1.67. The molecule has 3 heterocycles. The lowest BCUT2D eigenvalue weighted by Gasteiger charge is -2.33. The first-order valence-corrected chi connectivity index (χ1v) is 14.4. The zero-order valence-corrected chi connectivity index (χ0v) is 24.3. The Bertz CT molecular complexity index is 1200. The fraction of sp³-hybridized carbons (Fsp3) is 0.621. The molecular weight excluding hydrogens is 528 g/mol. The minimum absolute atomic E-state index is 0.0626. The molecule has 224 valence electrons. The number of fused-ring (bicyclic) bond motifs is 1. The summed E-state index contributed by atoms with van der Waals surface area (Å²) in [6.07, 6.45) is 3.59. The first-order valence-electron chi connectivity index (χ1n) is 14.4. The highest BCUT2D eigenvalue weighted by Gasteiger charge is 2.45. The number of carbonyl (C=O) groups excluding carboxylic acids is 3. The number of cyclic esters (lactones) is 1. The van der Waals surface area contributed by atoms with Gasteiger partial charge >= 0.3 is 12.1 Å². The Morgan fingerprint density at radius 1 is 1.15 bits per heavy atom. The number of hydrogen-bond acceptors (Lipinski definition) is 10. The van der Waals surface area contributed by atoms with Gasteiger partial charge in [-0.15, -0.1) is 5.10 Å². The molecule has 1 aromatic carbocycles. The molecule has 1 amide bonds. The fourth-order valence-corrected chi connectivity index (χ4v) is 5.63. The number of carbonyl (C=O) groups is 3. The number of hydrogen-bond donors (Lipinski definition) is 2. The summed E-state index contributed by atoms with van der Waals surface area (Å²) in [5, 5.41) is 12.1. The average Bonchev–Trinajstić information content (AvgIpc) is 3.55. The van der Waals surface area contributed by atoms with Crippen molar-refractivity contribution in [3.05, 3.63) is 30.5 Å². The van der Waals surface area contributed by atoms with Crippen LogP contribution >= 0.6 is 0 Å². The standard InChI is InChI=1S/C29H42N6O6/c1-18-14-23(39-4)10-11-25(36)19(2)28(37)40-17-26-27(20(3)31-18)35(29(38)41-26)13-6-5-12-34-16-24(32-33-34)21-8-7-9-22(30)15-21/h7-9,15-16,18-20,23,26-27,31H,5-6,10-14,17,30H2,1-4H3. The van der Waals surface area contributed by atoms with Crippen LogP contribution in [0.5, 0.6) is 0 Å². The molecule has 1 aromatic heterocycles. The summed E-state index contributed by atoms with van der Waals surface area (Å²) >= 11 is 0. The lowest BCUT2D eigenvalue weighted by Crippen LogP contribution is -2.54. The molecule has 2 aliphatic heterocycles. The van der Waals surface area contributed by atoms with Crippen LogP contribution in [0.1, 0.15) is 52.9 Å². The quantitative estimate of drug-likeness (QED) is 0.220. The number of unbranched alkanes of at least 4 members (excludes halogenated alkanes) is 1. The molecule has 2 aliphatic rings. The minimum atomic E-state index is -0.883. The number of nitrogen functional groups attached to an aromatic ring is 1. The maximum Gasteiger partial charge on any atom is 0.410 e. The topological polar surface area (TPSA) is 151 Å². The number of aromatic nitrogens is 3. The van der Waals surface area contributed by atoms with Gasteiger partial charge in [0.15, 0.2) is 6.10 Å². The van der Waals surface area contributed by atoms with E-state index in [0.717, 1.165) is 17.7 Å². The predicted octanol–water partition coefficient (Wildman–Crippen LogP) is 2.81. The Balaban J connectivity index is 1.39. The zero-order valence-electron chi connectivity index (χ0n) is 24.3.